The Bertz CT molecular complexity index is 238. The summed E-state index contributed by atoms with van der Waals surface area (Å²) >= 11 is 3.14. The lowest BCUT2D eigenvalue weighted by Gasteiger charge is -1.96. The van der Waals surface area contributed by atoms with E-state index in [4.69, 9.17) is 0 Å². The lowest BCUT2D eigenvalue weighted by molar-refractivity contribution is -0.420. The van der Waals surface area contributed by atoms with E-state index in [0.29, 0.717) is 10.9 Å². The van der Waals surface area contributed by atoms with E-state index in [1.54, 1.807) is 6.92 Å². The second-order valence-electron chi connectivity index (χ2n) is 2.21. The summed E-state index contributed by atoms with van der Waals surface area (Å²) in [5, 5.41) is 11.0. The Morgan fingerprint density at radius 3 is 2.77 bits per heavy atom. The van der Waals surface area contributed by atoms with Gasteiger partial charge in [0.25, 0.3) is 5.70 Å². The number of nitro groups is 1. The van der Waals surface area contributed by atoms with Crippen LogP contribution in [-0.2, 0) is 4.84 Å². The van der Waals surface area contributed by atoms with Gasteiger partial charge in [0.05, 0.1) is 12.0 Å². The molecule has 0 fully saturated rings. The zero-order valence-corrected chi connectivity index (χ0v) is 9.00. The zero-order chi connectivity index (χ0) is 10.3. The van der Waals surface area contributed by atoms with E-state index in [-0.39, 0.29) is 5.70 Å². The van der Waals surface area contributed by atoms with Gasteiger partial charge in [0.2, 0.25) is 0 Å². The fraction of sp³-hybridized carbons (Fsp3) is 0.429. The van der Waals surface area contributed by atoms with Crippen LogP contribution in [0.2, 0.25) is 0 Å². The van der Waals surface area contributed by atoms with Crippen LogP contribution in [0.5, 0.6) is 0 Å². The van der Waals surface area contributed by atoms with Crippen molar-refractivity contribution in [1.82, 2.24) is 5.48 Å². The van der Waals surface area contributed by atoms with Crippen LogP contribution in [0.3, 0.4) is 0 Å². The van der Waals surface area contributed by atoms with Crippen LogP contribution in [0.25, 0.3) is 0 Å². The molecule has 0 atom stereocenters. The highest BCUT2D eigenvalue weighted by Crippen LogP contribution is 2.08. The average Bonchev–Trinajstić information content (AvgIpc) is 2.11. The first-order valence-corrected chi connectivity index (χ1v) is 4.60. The van der Waals surface area contributed by atoms with Crippen molar-refractivity contribution < 1.29 is 9.76 Å². The highest BCUT2D eigenvalue weighted by molar-refractivity contribution is 9.09. The topological polar surface area (TPSA) is 64.4 Å². The Morgan fingerprint density at radius 2 is 2.38 bits per heavy atom. The first kappa shape index (κ1) is 12.1. The van der Waals surface area contributed by atoms with Crippen LogP contribution in [-0.4, -0.2) is 17.4 Å². The summed E-state index contributed by atoms with van der Waals surface area (Å²) < 4.78 is 0. The molecule has 0 bridgehead atoms. The number of nitrogens with one attached hydrogen (secondary N) is 1. The van der Waals surface area contributed by atoms with Crippen LogP contribution in [0.15, 0.2) is 23.5 Å². The Balaban J connectivity index is 4.54. The van der Waals surface area contributed by atoms with Gasteiger partial charge in [0, 0.05) is 23.2 Å². The summed E-state index contributed by atoms with van der Waals surface area (Å²) in [4.78, 5) is 14.6. The zero-order valence-electron chi connectivity index (χ0n) is 7.41. The molecule has 0 aliphatic rings. The van der Waals surface area contributed by atoms with Gasteiger partial charge in [-0.15, -0.1) is 0 Å². The second-order valence-corrected chi connectivity index (χ2v) is 2.77. The number of allylic oxidation sites excluding steroid dienone is 2. The molecule has 0 radical (unpaired) electrons. The highest BCUT2D eigenvalue weighted by atomic mass is 79.9. The van der Waals surface area contributed by atoms with Gasteiger partial charge in [0.15, 0.2) is 0 Å². The van der Waals surface area contributed by atoms with Crippen LogP contribution < -0.4 is 5.48 Å². The molecule has 0 aliphatic heterocycles. The van der Waals surface area contributed by atoms with Gasteiger partial charge in [-0.2, -0.15) is 0 Å². The molecule has 0 spiro atoms. The van der Waals surface area contributed by atoms with Gasteiger partial charge in [-0.05, 0) is 6.92 Å². The molecule has 1 N–H and O–H groups in total. The first-order valence-electron chi connectivity index (χ1n) is 3.48. The fourth-order valence-electron chi connectivity index (χ4n) is 0.608. The maximum absolute atomic E-state index is 10.5. The summed E-state index contributed by atoms with van der Waals surface area (Å²) in [5.74, 6) is 0. The summed E-state index contributed by atoms with van der Waals surface area (Å²) in [7, 11) is 1.43. The van der Waals surface area contributed by atoms with Crippen LogP contribution in [0, 0.1) is 10.1 Å². The number of nitrogens with zero attached hydrogens (tertiary/aromatic N) is 1. The molecule has 0 aromatic carbocycles. The minimum absolute atomic E-state index is 0.0569. The van der Waals surface area contributed by atoms with Crippen molar-refractivity contribution in [2.24, 2.45) is 0 Å². The number of hydrogen-bond donors (Lipinski definition) is 1. The third-order valence-electron chi connectivity index (χ3n) is 1.26. The number of halogens is 1. The summed E-state index contributed by atoms with van der Waals surface area (Å²) in [5.41, 5.74) is 3.09. The van der Waals surface area contributed by atoms with Crippen molar-refractivity contribution in [3.8, 4) is 0 Å². The number of hydrogen-bond acceptors (Lipinski definition) is 4. The maximum Gasteiger partial charge on any atom is 0.270 e. The molecule has 0 heterocycles. The third-order valence-corrected chi connectivity index (χ3v) is 2.10. The Hall–Kier alpha value is -0.880. The van der Waals surface area contributed by atoms with Crippen molar-refractivity contribution >= 4 is 15.9 Å². The molecule has 13 heavy (non-hydrogen) atoms. The molecular formula is C7H11BrN2O3. The normalized spacial score (nSPS) is 12.8. The van der Waals surface area contributed by atoms with Crippen molar-refractivity contribution in [3.05, 3.63) is 33.7 Å². The van der Waals surface area contributed by atoms with Gasteiger partial charge in [-0.1, -0.05) is 15.9 Å². The number of hydroxylamine groups is 1. The largest absolute Gasteiger partial charge is 0.280 e. The molecule has 0 aromatic rings. The first-order chi connectivity index (χ1) is 6.13. The van der Waals surface area contributed by atoms with Crippen molar-refractivity contribution in [3.63, 3.8) is 0 Å². The molecule has 0 saturated heterocycles. The Morgan fingerprint density at radius 1 is 1.77 bits per heavy atom. The van der Waals surface area contributed by atoms with E-state index in [2.05, 4.69) is 26.2 Å². The van der Waals surface area contributed by atoms with E-state index >= 15 is 0 Å². The predicted octanol–water partition coefficient (Wildman–Crippen LogP) is 1.60. The van der Waals surface area contributed by atoms with E-state index in [1.165, 1.54) is 19.4 Å². The van der Waals surface area contributed by atoms with E-state index in [0.717, 1.165) is 0 Å². The van der Waals surface area contributed by atoms with E-state index in [1.807, 2.05) is 0 Å². The second kappa shape index (κ2) is 6.62. The van der Waals surface area contributed by atoms with Crippen LogP contribution >= 0.6 is 15.9 Å². The third kappa shape index (κ3) is 4.64. The monoisotopic (exact) mass is 250 g/mol. The van der Waals surface area contributed by atoms with Crippen LogP contribution in [0.1, 0.15) is 6.92 Å². The maximum atomic E-state index is 10.5. The molecule has 0 saturated carbocycles. The summed E-state index contributed by atoms with van der Waals surface area (Å²) in [6.45, 7) is 1.68. The molecule has 0 rings (SSSR count). The Kier molecular flexibility index (Phi) is 6.17. The number of rotatable bonds is 5. The summed E-state index contributed by atoms with van der Waals surface area (Å²) in [6, 6.07) is 0. The molecule has 0 amide bonds. The molecule has 0 aliphatic carbocycles. The van der Waals surface area contributed by atoms with Gasteiger partial charge in [0.1, 0.15) is 0 Å². The van der Waals surface area contributed by atoms with E-state index < -0.39 is 4.92 Å². The molecule has 0 aromatic heterocycles. The van der Waals surface area contributed by atoms with Crippen molar-refractivity contribution in [1.29, 1.82) is 0 Å². The molecular weight excluding hydrogens is 240 g/mol. The molecule has 74 valence electrons. The number of alkyl halides is 1. The SMILES string of the molecule is CON/C=C\C(=C(\C)CBr)[N+](=O)[O-]. The predicted molar refractivity (Wildman–Crippen MR) is 52.8 cm³/mol. The standard InChI is InChI=1S/C7H11BrN2O3/c1-6(5-8)7(10(11)12)3-4-9-13-2/h3-4,9H,5H2,1-2H3/b4-3-,7-6+. The quantitative estimate of drug-likeness (QED) is 0.349. The minimum atomic E-state index is -0.440. The van der Waals surface area contributed by atoms with Crippen LogP contribution in [0.4, 0.5) is 0 Å². The van der Waals surface area contributed by atoms with E-state index in [9.17, 15) is 10.1 Å². The van der Waals surface area contributed by atoms with Gasteiger partial charge in [-0.25, -0.2) is 0 Å². The minimum Gasteiger partial charge on any atom is -0.280 e. The highest BCUT2D eigenvalue weighted by Gasteiger charge is 2.09. The van der Waals surface area contributed by atoms with Gasteiger partial charge < -0.3 is 0 Å². The average molecular weight is 251 g/mol. The molecule has 0 unspecified atom stereocenters. The Labute approximate surface area is 84.7 Å². The fourth-order valence-corrected chi connectivity index (χ4v) is 0.896. The molecule has 5 nitrogen and oxygen atoms in total. The van der Waals surface area contributed by atoms with Crippen molar-refractivity contribution in [2.75, 3.05) is 12.4 Å². The van der Waals surface area contributed by atoms with Crippen molar-refractivity contribution in [2.45, 2.75) is 6.92 Å². The lowest BCUT2D eigenvalue weighted by Crippen LogP contribution is -2.04. The summed E-state index contributed by atoms with van der Waals surface area (Å²) in [6.07, 6.45) is 2.71. The van der Waals surface area contributed by atoms with Gasteiger partial charge in [-0.3, -0.25) is 20.4 Å². The lowest BCUT2D eigenvalue weighted by atomic mass is 10.2. The molecule has 6 heteroatoms. The van der Waals surface area contributed by atoms with Gasteiger partial charge >= 0.3 is 0 Å². The smallest absolute Gasteiger partial charge is 0.270 e.